The predicted molar refractivity (Wildman–Crippen MR) is 128 cm³/mol. The summed E-state index contributed by atoms with van der Waals surface area (Å²) in [6.07, 6.45) is 1.00. The van der Waals surface area contributed by atoms with Crippen LogP contribution in [0.3, 0.4) is 0 Å². The van der Waals surface area contributed by atoms with Crippen molar-refractivity contribution in [2.45, 2.75) is 13.0 Å². The van der Waals surface area contributed by atoms with Crippen molar-refractivity contribution in [2.24, 2.45) is 14.1 Å². The Bertz CT molecular complexity index is 1520. The van der Waals surface area contributed by atoms with E-state index in [1.807, 2.05) is 30.3 Å². The number of amides is 1. The third-order valence-electron chi connectivity index (χ3n) is 6.14. The van der Waals surface area contributed by atoms with Gasteiger partial charge in [0.15, 0.2) is 0 Å². The smallest absolute Gasteiger partial charge is 0.332 e. The topological polar surface area (TPSA) is 89.2 Å². The van der Waals surface area contributed by atoms with Gasteiger partial charge in [-0.2, -0.15) is 0 Å². The fraction of sp³-hybridized carbons (Fsp3) is 0.200. The molecule has 0 saturated heterocycles. The zero-order chi connectivity index (χ0) is 23.1. The molecule has 166 valence electrons. The molecule has 3 heterocycles. The molecule has 1 N–H and O–H groups in total. The van der Waals surface area contributed by atoms with Crippen LogP contribution in [0, 0.1) is 0 Å². The van der Waals surface area contributed by atoms with E-state index in [4.69, 9.17) is 0 Å². The first-order valence-electron chi connectivity index (χ1n) is 10.7. The Hall–Kier alpha value is -4.20. The SMILES string of the molecule is Cn1c(=O)c2ccc(C(=O)Nc3ccccc3CN3CCc4ccccc43)nc2n(C)c1=O. The maximum Gasteiger partial charge on any atom is 0.332 e. The maximum atomic E-state index is 13.0. The molecule has 1 aliphatic rings. The Balaban J connectivity index is 1.44. The minimum absolute atomic E-state index is 0.132. The lowest BCUT2D eigenvalue weighted by atomic mass is 10.1. The average molecular weight is 441 g/mol. The monoisotopic (exact) mass is 441 g/mol. The third kappa shape index (κ3) is 3.59. The van der Waals surface area contributed by atoms with Crippen molar-refractivity contribution in [3.63, 3.8) is 0 Å². The molecule has 1 aliphatic heterocycles. The van der Waals surface area contributed by atoms with E-state index in [9.17, 15) is 14.4 Å². The normalized spacial score (nSPS) is 12.7. The molecule has 0 unspecified atom stereocenters. The number of anilines is 2. The first-order valence-corrected chi connectivity index (χ1v) is 10.7. The van der Waals surface area contributed by atoms with E-state index in [2.05, 4.69) is 33.4 Å². The highest BCUT2D eigenvalue weighted by Crippen LogP contribution is 2.30. The van der Waals surface area contributed by atoms with Gasteiger partial charge in [0.25, 0.3) is 11.5 Å². The summed E-state index contributed by atoms with van der Waals surface area (Å²) in [6, 6.07) is 19.1. The Labute approximate surface area is 189 Å². The van der Waals surface area contributed by atoms with Crippen LogP contribution in [0.1, 0.15) is 21.6 Å². The first kappa shape index (κ1) is 20.7. The van der Waals surface area contributed by atoms with Gasteiger partial charge in [-0.1, -0.05) is 36.4 Å². The lowest BCUT2D eigenvalue weighted by Gasteiger charge is -2.21. The Morgan fingerprint density at radius 2 is 1.73 bits per heavy atom. The second kappa shape index (κ2) is 8.05. The van der Waals surface area contributed by atoms with Crippen LogP contribution < -0.4 is 21.5 Å². The minimum atomic E-state index is -0.492. The highest BCUT2D eigenvalue weighted by molar-refractivity contribution is 6.04. The van der Waals surface area contributed by atoms with Gasteiger partial charge in [0, 0.05) is 38.6 Å². The van der Waals surface area contributed by atoms with Crippen LogP contribution in [0.5, 0.6) is 0 Å². The minimum Gasteiger partial charge on any atom is -0.367 e. The van der Waals surface area contributed by atoms with E-state index in [-0.39, 0.29) is 16.7 Å². The zero-order valence-electron chi connectivity index (χ0n) is 18.4. The molecule has 4 aromatic rings. The van der Waals surface area contributed by atoms with E-state index < -0.39 is 17.2 Å². The van der Waals surface area contributed by atoms with Gasteiger partial charge in [0.05, 0.1) is 5.39 Å². The molecule has 2 aromatic carbocycles. The number of rotatable bonds is 4. The first-order chi connectivity index (χ1) is 15.9. The van der Waals surface area contributed by atoms with E-state index in [0.29, 0.717) is 12.2 Å². The van der Waals surface area contributed by atoms with Crippen molar-refractivity contribution in [3.05, 3.63) is 98.3 Å². The molecule has 0 bridgehead atoms. The molecule has 2 aromatic heterocycles. The lowest BCUT2D eigenvalue weighted by molar-refractivity contribution is 0.102. The van der Waals surface area contributed by atoms with Gasteiger partial charge in [-0.15, -0.1) is 0 Å². The molecular weight excluding hydrogens is 418 g/mol. The molecule has 5 rings (SSSR count). The highest BCUT2D eigenvalue weighted by Gasteiger charge is 2.20. The summed E-state index contributed by atoms with van der Waals surface area (Å²) in [5.41, 5.74) is 3.62. The lowest BCUT2D eigenvalue weighted by Crippen LogP contribution is -2.37. The Morgan fingerprint density at radius 3 is 2.58 bits per heavy atom. The zero-order valence-corrected chi connectivity index (χ0v) is 18.4. The number of benzene rings is 2. The second-order valence-electron chi connectivity index (χ2n) is 8.18. The van der Waals surface area contributed by atoms with Gasteiger partial charge < -0.3 is 10.2 Å². The molecule has 0 atom stereocenters. The molecule has 0 saturated carbocycles. The number of hydrogen-bond acceptors (Lipinski definition) is 5. The number of carbonyl (C=O) groups excluding carboxylic acids is 1. The number of pyridine rings is 1. The average Bonchev–Trinajstić information content (AvgIpc) is 3.25. The van der Waals surface area contributed by atoms with E-state index in [0.717, 1.165) is 23.1 Å². The summed E-state index contributed by atoms with van der Waals surface area (Å²) < 4.78 is 2.29. The standard InChI is InChI=1S/C25H23N5O3/c1-28-22-18(24(32)29(2)25(28)33)11-12-20(26-22)23(31)27-19-9-5-3-8-17(19)15-30-14-13-16-7-4-6-10-21(16)30/h3-12H,13-15H2,1-2H3,(H,27,31). The fourth-order valence-corrected chi connectivity index (χ4v) is 4.32. The van der Waals surface area contributed by atoms with Gasteiger partial charge in [0.1, 0.15) is 11.3 Å². The summed E-state index contributed by atoms with van der Waals surface area (Å²) in [6.45, 7) is 1.60. The van der Waals surface area contributed by atoms with Crippen LogP contribution in [0.4, 0.5) is 11.4 Å². The van der Waals surface area contributed by atoms with Crippen LogP contribution in [0.25, 0.3) is 11.0 Å². The predicted octanol–water partition coefficient (Wildman–Crippen LogP) is 2.45. The Kier molecular flexibility index (Phi) is 5.05. The molecule has 0 spiro atoms. The van der Waals surface area contributed by atoms with Crippen LogP contribution in [-0.4, -0.2) is 26.6 Å². The summed E-state index contributed by atoms with van der Waals surface area (Å²) in [5, 5.41) is 3.23. The van der Waals surface area contributed by atoms with Crippen molar-refractivity contribution in [2.75, 3.05) is 16.8 Å². The number of fused-ring (bicyclic) bond motifs is 2. The summed E-state index contributed by atoms with van der Waals surface area (Å²) >= 11 is 0. The van der Waals surface area contributed by atoms with Crippen molar-refractivity contribution in [1.29, 1.82) is 0 Å². The van der Waals surface area contributed by atoms with Crippen LogP contribution in [-0.2, 0) is 27.1 Å². The summed E-state index contributed by atoms with van der Waals surface area (Å²) in [5.74, 6) is -0.403. The molecule has 0 fully saturated rings. The molecule has 8 heteroatoms. The fourth-order valence-electron chi connectivity index (χ4n) is 4.32. The Morgan fingerprint density at radius 1 is 0.970 bits per heavy atom. The van der Waals surface area contributed by atoms with Crippen molar-refractivity contribution >= 4 is 28.3 Å². The van der Waals surface area contributed by atoms with Gasteiger partial charge in [-0.25, -0.2) is 9.78 Å². The molecule has 8 nitrogen and oxygen atoms in total. The number of aryl methyl sites for hydroxylation is 1. The molecule has 33 heavy (non-hydrogen) atoms. The third-order valence-corrected chi connectivity index (χ3v) is 6.14. The number of hydrogen-bond donors (Lipinski definition) is 1. The van der Waals surface area contributed by atoms with Crippen LogP contribution >= 0.6 is 0 Å². The van der Waals surface area contributed by atoms with Gasteiger partial charge in [-0.05, 0) is 41.8 Å². The number of para-hydroxylation sites is 2. The molecule has 0 aliphatic carbocycles. The van der Waals surface area contributed by atoms with E-state index >= 15 is 0 Å². The van der Waals surface area contributed by atoms with E-state index in [1.54, 1.807) is 0 Å². The van der Waals surface area contributed by atoms with Crippen molar-refractivity contribution in [3.8, 4) is 0 Å². The summed E-state index contributed by atoms with van der Waals surface area (Å²) in [7, 11) is 2.95. The highest BCUT2D eigenvalue weighted by atomic mass is 16.2. The summed E-state index contributed by atoms with van der Waals surface area (Å²) in [4.78, 5) is 44.3. The van der Waals surface area contributed by atoms with Gasteiger partial charge in [0.2, 0.25) is 0 Å². The van der Waals surface area contributed by atoms with Gasteiger partial charge in [-0.3, -0.25) is 18.7 Å². The van der Waals surface area contributed by atoms with Crippen molar-refractivity contribution < 1.29 is 4.79 Å². The number of nitrogens with zero attached hydrogens (tertiary/aromatic N) is 4. The van der Waals surface area contributed by atoms with Crippen LogP contribution in [0.15, 0.2) is 70.3 Å². The number of nitrogens with one attached hydrogen (secondary N) is 1. The van der Waals surface area contributed by atoms with Crippen LogP contribution in [0.2, 0.25) is 0 Å². The second-order valence-corrected chi connectivity index (χ2v) is 8.18. The largest absolute Gasteiger partial charge is 0.367 e. The van der Waals surface area contributed by atoms with Crippen molar-refractivity contribution in [1.82, 2.24) is 14.1 Å². The molecular formula is C25H23N5O3. The van der Waals surface area contributed by atoms with E-state index in [1.165, 1.54) is 42.0 Å². The van der Waals surface area contributed by atoms with Gasteiger partial charge >= 0.3 is 5.69 Å². The maximum absolute atomic E-state index is 13.0. The number of aromatic nitrogens is 3. The molecule has 1 amide bonds. The molecule has 0 radical (unpaired) electrons. The number of carbonyl (C=O) groups is 1. The quantitative estimate of drug-likeness (QED) is 0.526.